The van der Waals surface area contributed by atoms with Crippen molar-refractivity contribution in [3.8, 4) is 19.5 Å². The van der Waals surface area contributed by atoms with Gasteiger partial charge >= 0.3 is 0 Å². The maximum absolute atomic E-state index is 15.2. The van der Waals surface area contributed by atoms with Gasteiger partial charge in [0, 0.05) is 55.1 Å². The summed E-state index contributed by atoms with van der Waals surface area (Å²) in [5.74, 6) is 1.20. The van der Waals surface area contributed by atoms with Crippen LogP contribution in [0.2, 0.25) is 0 Å². The van der Waals surface area contributed by atoms with Gasteiger partial charge in [-0.05, 0) is 109 Å². The van der Waals surface area contributed by atoms with Gasteiger partial charge in [0.05, 0.1) is 64.6 Å². The number of hydrogen-bond donors (Lipinski definition) is 0. The molecule has 0 aliphatic carbocycles. The zero-order valence-corrected chi connectivity index (χ0v) is 53.2. The number of nitrogens with zero attached hydrogens (tertiary/aromatic N) is 4. The minimum atomic E-state index is -0.0391. The number of carbonyl (C=O) groups is 4. The smallest absolute Gasteiger partial charge is 0.261 e. The highest BCUT2D eigenvalue weighted by Crippen LogP contribution is 2.53. The molecule has 4 unspecified atom stereocenters. The van der Waals surface area contributed by atoms with Crippen LogP contribution in [0.25, 0.3) is 51.7 Å². The van der Waals surface area contributed by atoms with Crippen LogP contribution in [0.3, 0.4) is 0 Å². The highest BCUT2D eigenvalue weighted by Gasteiger charge is 2.52. The molecule has 0 N–H and O–H groups in total. The second-order valence-electron chi connectivity index (χ2n) is 22.5. The summed E-state index contributed by atoms with van der Waals surface area (Å²) >= 11 is 10.2. The summed E-state index contributed by atoms with van der Waals surface area (Å²) in [4.78, 5) is 77.0. The van der Waals surface area contributed by atoms with Gasteiger partial charge in [-0.2, -0.15) is 0 Å². The van der Waals surface area contributed by atoms with Gasteiger partial charge in [-0.1, -0.05) is 145 Å². The van der Waals surface area contributed by atoms with Gasteiger partial charge in [-0.3, -0.25) is 19.2 Å². The molecule has 0 bridgehead atoms. The molecule has 0 fully saturated rings. The molecule has 14 heteroatoms. The summed E-state index contributed by atoms with van der Waals surface area (Å²) in [5.41, 5.74) is 5.49. The van der Waals surface area contributed by atoms with Crippen LogP contribution >= 0.6 is 68.0 Å². The third-order valence-corrected chi connectivity index (χ3v) is 23.8. The predicted octanol–water partition coefficient (Wildman–Crippen LogP) is 19.0. The first-order valence-electron chi connectivity index (χ1n) is 30.1. The molecule has 0 radical (unpaired) electrons. The zero-order valence-electron chi connectivity index (χ0n) is 48.3. The molecule has 424 valence electrons. The van der Waals surface area contributed by atoms with Crippen molar-refractivity contribution in [1.29, 1.82) is 0 Å². The van der Waals surface area contributed by atoms with Gasteiger partial charge < -0.3 is 19.6 Å². The fourth-order valence-corrected chi connectivity index (χ4v) is 18.6. The third kappa shape index (κ3) is 11.4. The normalized spacial score (nSPS) is 17.4. The molecule has 6 aromatic rings. The standard InChI is InChI=1S/C66H80N4O4S6/c1-9-17-23-41(13-5)37-67-59(47-27-21-33-75-47)55-57(65(67)73)61(69(63(55)71)39-43(15-7)25-19-11-3)49-31-29-45(77-49)51-35-53-54(79-51)36-52(80-53)46-30-32-50(78-46)62-58-56(64(72)70(62)40-44(16-8)26-20-12-4)60(48-28-22-34-76-48)68(66(58)74)38-42(14-6)24-18-10-2/h21-22,27-36,41-44H,9-20,23-26,37-40H2,1-8H3. The van der Waals surface area contributed by atoms with Gasteiger partial charge in [0.1, 0.15) is 0 Å². The van der Waals surface area contributed by atoms with E-state index in [0.717, 1.165) is 155 Å². The van der Waals surface area contributed by atoms with E-state index in [1.165, 1.54) is 19.2 Å². The van der Waals surface area contributed by atoms with Crippen molar-refractivity contribution in [2.45, 2.75) is 158 Å². The predicted molar refractivity (Wildman–Crippen MR) is 343 cm³/mol. The fourth-order valence-electron chi connectivity index (χ4n) is 12.3. The summed E-state index contributed by atoms with van der Waals surface area (Å²) in [5, 5.41) is 4.10. The molecule has 8 nitrogen and oxygen atoms in total. The molecule has 10 heterocycles. The highest BCUT2D eigenvalue weighted by molar-refractivity contribution is 7.33. The van der Waals surface area contributed by atoms with Gasteiger partial charge in [0.25, 0.3) is 23.6 Å². The SMILES string of the molecule is CCCCC(CC)CN1C(=O)C2=C(c3ccc(-c4cc5sc(-c6ccc(C7=C8C(=O)N(CC(CC)CCCC)C(c9cccs9)=C8C(=O)N7CC(CC)CCCC)s6)cc5s4)s3)N(CC(CC)CCCC)C(=O)C2=C1c1cccs1. The lowest BCUT2D eigenvalue weighted by Crippen LogP contribution is -2.34. The first-order valence-corrected chi connectivity index (χ1v) is 35.1. The minimum absolute atomic E-state index is 0.0391. The van der Waals surface area contributed by atoms with E-state index in [1.54, 1.807) is 68.0 Å². The molecular formula is C66H80N4O4S6. The first-order chi connectivity index (χ1) is 39.0. The Bertz CT molecular complexity index is 3070. The minimum Gasteiger partial charge on any atom is -0.306 e. The summed E-state index contributed by atoms with van der Waals surface area (Å²) in [6, 6.07) is 21.5. The lowest BCUT2D eigenvalue weighted by atomic mass is 9.98. The van der Waals surface area contributed by atoms with E-state index in [1.807, 2.05) is 31.7 Å². The van der Waals surface area contributed by atoms with Crippen LogP contribution in [-0.4, -0.2) is 69.4 Å². The van der Waals surface area contributed by atoms with Gasteiger partial charge in [0.15, 0.2) is 0 Å². The number of rotatable bonds is 30. The number of carbonyl (C=O) groups excluding carboxylic acids is 4. The van der Waals surface area contributed by atoms with Crippen LogP contribution < -0.4 is 0 Å². The zero-order chi connectivity index (χ0) is 56.2. The summed E-state index contributed by atoms with van der Waals surface area (Å²) in [6.07, 6.45) is 17.0. The van der Waals surface area contributed by atoms with Crippen molar-refractivity contribution < 1.29 is 19.2 Å². The molecule has 0 saturated heterocycles. The fraction of sp³-hybridized carbons (Fsp3) is 0.485. The van der Waals surface area contributed by atoms with Crippen molar-refractivity contribution in [2.24, 2.45) is 23.7 Å². The number of fused-ring (bicyclic) bond motifs is 3. The van der Waals surface area contributed by atoms with Crippen molar-refractivity contribution >= 4 is 124 Å². The van der Waals surface area contributed by atoms with Gasteiger partial charge in [0.2, 0.25) is 0 Å². The van der Waals surface area contributed by atoms with E-state index in [4.69, 9.17) is 0 Å². The summed E-state index contributed by atoms with van der Waals surface area (Å²) in [7, 11) is 0. The van der Waals surface area contributed by atoms with Crippen LogP contribution in [0.1, 0.15) is 178 Å². The molecule has 6 aromatic heterocycles. The molecule has 0 saturated carbocycles. The van der Waals surface area contributed by atoms with Crippen LogP contribution in [0, 0.1) is 23.7 Å². The maximum atomic E-state index is 15.2. The molecule has 4 aliphatic rings. The topological polar surface area (TPSA) is 81.2 Å². The van der Waals surface area contributed by atoms with E-state index < -0.39 is 0 Å². The van der Waals surface area contributed by atoms with Crippen LogP contribution in [0.15, 0.2) is 93.7 Å². The maximum Gasteiger partial charge on any atom is 0.261 e. The molecule has 0 aromatic carbocycles. The Balaban J connectivity index is 0.992. The third-order valence-electron chi connectivity index (χ3n) is 17.2. The first kappa shape index (κ1) is 58.5. The molecule has 10 rings (SSSR count). The van der Waals surface area contributed by atoms with Crippen LogP contribution in [0.5, 0.6) is 0 Å². The lowest BCUT2D eigenvalue weighted by molar-refractivity contribution is -0.124. The van der Waals surface area contributed by atoms with Crippen molar-refractivity contribution in [3.05, 3.63) is 113 Å². The molecule has 0 spiro atoms. The van der Waals surface area contributed by atoms with Gasteiger partial charge in [-0.15, -0.1) is 68.0 Å². The Hall–Kier alpha value is -4.70. The monoisotopic (exact) mass is 1180 g/mol. The number of amides is 4. The van der Waals surface area contributed by atoms with Crippen molar-refractivity contribution in [3.63, 3.8) is 0 Å². The van der Waals surface area contributed by atoms with E-state index >= 15 is 19.2 Å². The Morgan fingerprint density at radius 1 is 0.350 bits per heavy atom. The average Bonchev–Trinajstić information content (AvgIpc) is 2.87. The average molecular weight is 1190 g/mol. The van der Waals surface area contributed by atoms with E-state index in [0.29, 0.717) is 72.1 Å². The largest absolute Gasteiger partial charge is 0.306 e. The molecule has 4 atom stereocenters. The van der Waals surface area contributed by atoms with E-state index in [2.05, 4.69) is 115 Å². The second kappa shape index (κ2) is 26.3. The Kier molecular flexibility index (Phi) is 19.2. The Morgan fingerprint density at radius 2 is 0.637 bits per heavy atom. The van der Waals surface area contributed by atoms with Crippen molar-refractivity contribution in [1.82, 2.24) is 19.6 Å². The number of thiophene rings is 6. The molecule has 4 amide bonds. The molecule has 80 heavy (non-hydrogen) atoms. The Morgan fingerprint density at radius 3 is 0.900 bits per heavy atom. The number of hydrogen-bond acceptors (Lipinski definition) is 10. The molecule has 4 aliphatic heterocycles. The lowest BCUT2D eigenvalue weighted by Gasteiger charge is -2.29. The Labute approximate surface area is 499 Å². The quantitative estimate of drug-likeness (QED) is 0.0450. The van der Waals surface area contributed by atoms with Gasteiger partial charge in [-0.25, -0.2) is 0 Å². The summed E-state index contributed by atoms with van der Waals surface area (Å²) in [6.45, 7) is 20.2. The second-order valence-corrected chi connectivity index (χ2v) is 28.7. The van der Waals surface area contributed by atoms with E-state index in [-0.39, 0.29) is 23.6 Å². The van der Waals surface area contributed by atoms with Crippen molar-refractivity contribution in [2.75, 3.05) is 26.2 Å². The van der Waals surface area contributed by atoms with Crippen LogP contribution in [0.4, 0.5) is 0 Å². The number of unbranched alkanes of at least 4 members (excludes halogenated alkanes) is 4. The highest BCUT2D eigenvalue weighted by atomic mass is 32.1. The van der Waals surface area contributed by atoms with E-state index in [9.17, 15) is 0 Å². The summed E-state index contributed by atoms with van der Waals surface area (Å²) < 4.78 is 2.41. The molecular weight excluding hydrogens is 1110 g/mol. The van der Waals surface area contributed by atoms with Crippen LogP contribution in [-0.2, 0) is 19.2 Å².